The minimum Gasteiger partial charge on any atom is -0.465 e. The molecule has 1 atom stereocenters. The molecule has 1 heterocycles. The van der Waals surface area contributed by atoms with Gasteiger partial charge in [0.1, 0.15) is 6.04 Å². The molecule has 0 N–H and O–H groups in total. The second kappa shape index (κ2) is 6.53. The number of ether oxygens (including phenoxy) is 1. The smallest absolute Gasteiger partial charge is 0.323 e. The van der Waals surface area contributed by atoms with E-state index in [1.165, 1.54) is 5.56 Å². The average molecular weight is 272 g/mol. The second-order valence-electron chi connectivity index (χ2n) is 5.13. The van der Waals surface area contributed by atoms with Crippen molar-refractivity contribution in [1.29, 1.82) is 5.26 Å². The van der Waals surface area contributed by atoms with E-state index in [-0.39, 0.29) is 12.0 Å². The molecule has 4 nitrogen and oxygen atoms in total. The molecule has 0 saturated carbocycles. The Labute approximate surface area is 120 Å². The van der Waals surface area contributed by atoms with E-state index in [9.17, 15) is 4.79 Å². The summed E-state index contributed by atoms with van der Waals surface area (Å²) in [6, 6.07) is 7.73. The molecule has 0 bridgehead atoms. The Hall–Kier alpha value is -1.86. The van der Waals surface area contributed by atoms with E-state index >= 15 is 0 Å². The fourth-order valence-corrected chi connectivity index (χ4v) is 2.68. The lowest BCUT2D eigenvalue weighted by Crippen LogP contribution is -2.37. The monoisotopic (exact) mass is 272 g/mol. The lowest BCUT2D eigenvalue weighted by Gasteiger charge is -2.23. The number of aryl methyl sites for hydroxylation is 1. The summed E-state index contributed by atoms with van der Waals surface area (Å²) in [6.07, 6.45) is 1.90. The summed E-state index contributed by atoms with van der Waals surface area (Å²) in [5.74, 6) is -0.115. The fraction of sp³-hybridized carbons (Fsp3) is 0.500. The van der Waals surface area contributed by atoms with Crippen molar-refractivity contribution in [2.24, 2.45) is 0 Å². The van der Waals surface area contributed by atoms with Crippen LogP contribution >= 0.6 is 0 Å². The maximum atomic E-state index is 11.9. The Morgan fingerprint density at radius 2 is 2.35 bits per heavy atom. The lowest BCUT2D eigenvalue weighted by atomic mass is 10.0. The Morgan fingerprint density at radius 3 is 3.00 bits per heavy atom. The van der Waals surface area contributed by atoms with E-state index in [1.807, 2.05) is 32.0 Å². The molecule has 1 aromatic carbocycles. The van der Waals surface area contributed by atoms with Gasteiger partial charge in [0.05, 0.1) is 18.2 Å². The number of carbonyl (C=O) groups excluding carboxylic acids is 1. The third-order valence-corrected chi connectivity index (χ3v) is 3.77. The van der Waals surface area contributed by atoms with Crippen LogP contribution in [0.4, 0.5) is 0 Å². The minimum atomic E-state index is -0.120. The number of esters is 1. The van der Waals surface area contributed by atoms with E-state index < -0.39 is 0 Å². The van der Waals surface area contributed by atoms with E-state index in [1.54, 1.807) is 0 Å². The van der Waals surface area contributed by atoms with Gasteiger partial charge in [-0.2, -0.15) is 5.26 Å². The number of likely N-dealkylation sites (tertiary alicyclic amines) is 1. The van der Waals surface area contributed by atoms with Gasteiger partial charge < -0.3 is 4.74 Å². The van der Waals surface area contributed by atoms with Crippen LogP contribution in [0.5, 0.6) is 0 Å². The maximum Gasteiger partial charge on any atom is 0.323 e. The van der Waals surface area contributed by atoms with Gasteiger partial charge in [-0.15, -0.1) is 0 Å². The zero-order valence-electron chi connectivity index (χ0n) is 12.1. The van der Waals surface area contributed by atoms with Gasteiger partial charge in [0.25, 0.3) is 0 Å². The van der Waals surface area contributed by atoms with Gasteiger partial charge in [-0.1, -0.05) is 6.07 Å². The molecule has 0 radical (unpaired) electrons. The lowest BCUT2D eigenvalue weighted by molar-refractivity contribution is -0.148. The zero-order valence-corrected chi connectivity index (χ0v) is 12.1. The van der Waals surface area contributed by atoms with E-state index in [4.69, 9.17) is 10.00 Å². The second-order valence-corrected chi connectivity index (χ2v) is 5.13. The first-order chi connectivity index (χ1) is 9.65. The van der Waals surface area contributed by atoms with Crippen LogP contribution in [-0.2, 0) is 16.1 Å². The van der Waals surface area contributed by atoms with Gasteiger partial charge in [-0.25, -0.2) is 0 Å². The molecular weight excluding hydrogens is 252 g/mol. The fourth-order valence-electron chi connectivity index (χ4n) is 2.68. The number of hydrogen-bond donors (Lipinski definition) is 0. The largest absolute Gasteiger partial charge is 0.465 e. The standard InChI is InChI=1S/C16H20N2O2/c1-3-20-16(19)15-5-4-8-18(15)11-14-7-6-13(10-17)9-12(14)2/h6-7,9,15H,3-5,8,11H2,1-2H3. The normalized spacial score (nSPS) is 18.8. The van der Waals surface area contributed by atoms with Crippen LogP contribution in [0.1, 0.15) is 36.5 Å². The van der Waals surface area contributed by atoms with Crippen molar-refractivity contribution >= 4 is 5.97 Å². The van der Waals surface area contributed by atoms with Crippen molar-refractivity contribution in [3.8, 4) is 6.07 Å². The molecule has 1 aliphatic rings. The summed E-state index contributed by atoms with van der Waals surface area (Å²) in [4.78, 5) is 14.1. The van der Waals surface area contributed by atoms with Crippen molar-refractivity contribution in [2.75, 3.05) is 13.2 Å². The zero-order chi connectivity index (χ0) is 14.5. The highest BCUT2D eigenvalue weighted by atomic mass is 16.5. The predicted octanol–water partition coefficient (Wildman–Crippen LogP) is 2.39. The number of rotatable bonds is 4. The van der Waals surface area contributed by atoms with E-state index in [0.29, 0.717) is 12.2 Å². The molecule has 20 heavy (non-hydrogen) atoms. The quantitative estimate of drug-likeness (QED) is 0.790. The Morgan fingerprint density at radius 1 is 1.55 bits per heavy atom. The first-order valence-corrected chi connectivity index (χ1v) is 7.06. The number of hydrogen-bond acceptors (Lipinski definition) is 4. The summed E-state index contributed by atoms with van der Waals surface area (Å²) in [6.45, 7) is 5.93. The van der Waals surface area contributed by atoms with Crippen LogP contribution in [0.25, 0.3) is 0 Å². The Balaban J connectivity index is 2.09. The molecule has 1 fully saturated rings. The highest BCUT2D eigenvalue weighted by Crippen LogP contribution is 2.22. The van der Waals surface area contributed by atoms with Crippen LogP contribution in [0.2, 0.25) is 0 Å². The van der Waals surface area contributed by atoms with Crippen molar-refractivity contribution in [2.45, 2.75) is 39.3 Å². The number of nitrogens with zero attached hydrogens (tertiary/aromatic N) is 2. The molecule has 1 saturated heterocycles. The first kappa shape index (κ1) is 14.5. The average Bonchev–Trinajstić information content (AvgIpc) is 2.89. The molecule has 0 amide bonds. The number of benzene rings is 1. The molecule has 0 spiro atoms. The highest BCUT2D eigenvalue weighted by molar-refractivity contribution is 5.76. The van der Waals surface area contributed by atoms with E-state index in [0.717, 1.165) is 31.5 Å². The molecule has 4 heteroatoms. The Kier molecular flexibility index (Phi) is 4.75. The Bertz CT molecular complexity index is 534. The van der Waals surface area contributed by atoms with Gasteiger partial charge in [-0.05, 0) is 56.5 Å². The minimum absolute atomic E-state index is 0.115. The summed E-state index contributed by atoms with van der Waals surface area (Å²) in [5, 5.41) is 8.89. The van der Waals surface area contributed by atoms with Crippen LogP contribution < -0.4 is 0 Å². The van der Waals surface area contributed by atoms with Crippen molar-refractivity contribution in [3.63, 3.8) is 0 Å². The van der Waals surface area contributed by atoms with Gasteiger partial charge in [0, 0.05) is 6.54 Å². The predicted molar refractivity (Wildman–Crippen MR) is 76.0 cm³/mol. The van der Waals surface area contributed by atoms with Crippen LogP contribution in [0.15, 0.2) is 18.2 Å². The summed E-state index contributed by atoms with van der Waals surface area (Å²) >= 11 is 0. The first-order valence-electron chi connectivity index (χ1n) is 7.06. The topological polar surface area (TPSA) is 53.3 Å². The SMILES string of the molecule is CCOC(=O)C1CCCN1Cc1ccc(C#N)cc1C. The highest BCUT2D eigenvalue weighted by Gasteiger charge is 2.31. The molecule has 0 aliphatic carbocycles. The van der Waals surface area contributed by atoms with Crippen molar-refractivity contribution in [1.82, 2.24) is 4.90 Å². The van der Waals surface area contributed by atoms with Gasteiger partial charge >= 0.3 is 5.97 Å². The molecule has 2 rings (SSSR count). The third kappa shape index (κ3) is 3.17. The van der Waals surface area contributed by atoms with Gasteiger partial charge in [-0.3, -0.25) is 9.69 Å². The molecular formula is C16H20N2O2. The van der Waals surface area contributed by atoms with Crippen molar-refractivity contribution in [3.05, 3.63) is 34.9 Å². The molecule has 1 aromatic rings. The molecule has 106 valence electrons. The maximum absolute atomic E-state index is 11.9. The summed E-state index contributed by atoms with van der Waals surface area (Å²) < 4.78 is 5.14. The van der Waals surface area contributed by atoms with Gasteiger partial charge in [0.15, 0.2) is 0 Å². The van der Waals surface area contributed by atoms with Crippen LogP contribution in [-0.4, -0.2) is 30.1 Å². The van der Waals surface area contributed by atoms with Crippen molar-refractivity contribution < 1.29 is 9.53 Å². The summed E-state index contributed by atoms with van der Waals surface area (Å²) in [7, 11) is 0. The summed E-state index contributed by atoms with van der Waals surface area (Å²) in [5.41, 5.74) is 2.94. The molecule has 0 aromatic heterocycles. The van der Waals surface area contributed by atoms with Crippen LogP contribution in [0.3, 0.4) is 0 Å². The van der Waals surface area contributed by atoms with Crippen LogP contribution in [0, 0.1) is 18.3 Å². The number of nitriles is 1. The van der Waals surface area contributed by atoms with E-state index in [2.05, 4.69) is 11.0 Å². The number of carbonyl (C=O) groups is 1. The molecule has 1 aliphatic heterocycles. The van der Waals surface area contributed by atoms with Gasteiger partial charge in [0.2, 0.25) is 0 Å². The molecule has 1 unspecified atom stereocenters. The third-order valence-electron chi connectivity index (χ3n) is 3.77.